The fourth-order valence-corrected chi connectivity index (χ4v) is 3.63. The lowest BCUT2D eigenvalue weighted by Crippen LogP contribution is -2.32. The number of allylic oxidation sites excluding steroid dienone is 2. The van der Waals surface area contributed by atoms with Gasteiger partial charge in [0.25, 0.3) is 0 Å². The molecule has 106 valence electrons. The van der Waals surface area contributed by atoms with Crippen LogP contribution in [0.3, 0.4) is 0 Å². The molecule has 0 atom stereocenters. The van der Waals surface area contributed by atoms with Gasteiger partial charge in [0.15, 0.2) is 0 Å². The molecule has 0 unspecified atom stereocenters. The van der Waals surface area contributed by atoms with Crippen molar-refractivity contribution in [3.63, 3.8) is 0 Å². The van der Waals surface area contributed by atoms with Crippen molar-refractivity contribution in [3.8, 4) is 0 Å². The number of rotatable bonds is 1. The Balaban J connectivity index is 2.00. The Morgan fingerprint density at radius 1 is 0.810 bits per heavy atom. The van der Waals surface area contributed by atoms with Crippen LogP contribution >= 0.6 is 0 Å². The third kappa shape index (κ3) is 1.91. The molecule has 1 aliphatic heterocycles. The Morgan fingerprint density at radius 2 is 1.43 bits per heavy atom. The molecule has 1 heterocycles. The number of anilines is 1. The summed E-state index contributed by atoms with van der Waals surface area (Å²) in [5.74, 6) is 0. The SMILES string of the molecule is CC(C)N1Cc2ccccc2C2=C(CC2)c2ccccc21. The highest BCUT2D eigenvalue weighted by molar-refractivity contribution is 6.00. The highest BCUT2D eigenvalue weighted by atomic mass is 15.2. The minimum atomic E-state index is 0.501. The molecular formula is C20H21N. The fourth-order valence-electron chi connectivity index (χ4n) is 3.63. The average Bonchev–Trinajstić information content (AvgIpc) is 2.45. The van der Waals surface area contributed by atoms with Gasteiger partial charge in [-0.2, -0.15) is 0 Å². The highest BCUT2D eigenvalue weighted by Gasteiger charge is 2.28. The first kappa shape index (κ1) is 12.7. The maximum atomic E-state index is 2.54. The first-order valence-electron chi connectivity index (χ1n) is 7.92. The summed E-state index contributed by atoms with van der Waals surface area (Å²) in [6.07, 6.45) is 2.44. The standard InChI is InChI=1S/C20H21N/c1-14(2)21-13-15-7-3-4-8-16(15)17-11-12-18(17)19-9-5-6-10-20(19)21/h3-10,14H,11-13H2,1-2H3. The average molecular weight is 275 g/mol. The fraction of sp³-hybridized carbons (Fsp3) is 0.300. The summed E-state index contributed by atoms with van der Waals surface area (Å²) >= 11 is 0. The zero-order valence-electron chi connectivity index (χ0n) is 12.8. The normalized spacial score (nSPS) is 16.6. The van der Waals surface area contributed by atoms with Crippen LogP contribution in [0.25, 0.3) is 11.1 Å². The van der Waals surface area contributed by atoms with Crippen LogP contribution < -0.4 is 4.90 Å². The molecule has 21 heavy (non-hydrogen) atoms. The third-order valence-electron chi connectivity index (χ3n) is 4.83. The van der Waals surface area contributed by atoms with Gasteiger partial charge in [-0.25, -0.2) is 0 Å². The zero-order chi connectivity index (χ0) is 14.4. The number of para-hydroxylation sites is 1. The van der Waals surface area contributed by atoms with E-state index in [9.17, 15) is 0 Å². The van der Waals surface area contributed by atoms with Crippen molar-refractivity contribution in [2.24, 2.45) is 0 Å². The lowest BCUT2D eigenvalue weighted by atomic mass is 9.77. The van der Waals surface area contributed by atoms with Crippen LogP contribution in [0.5, 0.6) is 0 Å². The van der Waals surface area contributed by atoms with Gasteiger partial charge in [-0.15, -0.1) is 0 Å². The maximum Gasteiger partial charge on any atom is 0.0448 e. The molecule has 0 amide bonds. The molecule has 1 nitrogen and oxygen atoms in total. The maximum absolute atomic E-state index is 2.54. The van der Waals surface area contributed by atoms with Crippen molar-refractivity contribution in [2.75, 3.05) is 4.90 Å². The Hall–Kier alpha value is -2.02. The van der Waals surface area contributed by atoms with E-state index in [1.165, 1.54) is 35.2 Å². The minimum absolute atomic E-state index is 0.501. The molecule has 0 fully saturated rings. The minimum Gasteiger partial charge on any atom is -0.364 e. The molecular weight excluding hydrogens is 254 g/mol. The van der Waals surface area contributed by atoms with Crippen molar-refractivity contribution in [3.05, 3.63) is 65.2 Å². The second-order valence-electron chi connectivity index (χ2n) is 6.35. The predicted octanol–water partition coefficient (Wildman–Crippen LogP) is 5.12. The van der Waals surface area contributed by atoms with Gasteiger partial charge in [0.1, 0.15) is 0 Å². The van der Waals surface area contributed by atoms with Crippen molar-refractivity contribution in [1.29, 1.82) is 0 Å². The molecule has 4 rings (SSSR count). The van der Waals surface area contributed by atoms with Crippen LogP contribution in [0.4, 0.5) is 5.69 Å². The molecule has 2 aromatic carbocycles. The topological polar surface area (TPSA) is 3.24 Å². The third-order valence-corrected chi connectivity index (χ3v) is 4.83. The highest BCUT2D eigenvalue weighted by Crippen LogP contribution is 2.48. The Labute approximate surface area is 126 Å². The molecule has 2 aliphatic rings. The number of hydrogen-bond donors (Lipinski definition) is 0. The van der Waals surface area contributed by atoms with E-state index in [0.29, 0.717) is 6.04 Å². The van der Waals surface area contributed by atoms with Gasteiger partial charge in [0.2, 0.25) is 0 Å². The van der Waals surface area contributed by atoms with E-state index >= 15 is 0 Å². The summed E-state index contributed by atoms with van der Waals surface area (Å²) in [6, 6.07) is 18.4. The zero-order valence-corrected chi connectivity index (χ0v) is 12.8. The number of hydrogen-bond acceptors (Lipinski definition) is 1. The van der Waals surface area contributed by atoms with Crippen molar-refractivity contribution >= 4 is 16.8 Å². The second kappa shape index (κ2) is 4.77. The van der Waals surface area contributed by atoms with Gasteiger partial charge in [-0.3, -0.25) is 0 Å². The van der Waals surface area contributed by atoms with Crippen molar-refractivity contribution in [2.45, 2.75) is 39.3 Å². The molecule has 0 radical (unpaired) electrons. The number of nitrogens with zero attached hydrogens (tertiary/aromatic N) is 1. The van der Waals surface area contributed by atoms with Gasteiger partial charge in [0.05, 0.1) is 0 Å². The van der Waals surface area contributed by atoms with E-state index < -0.39 is 0 Å². The van der Waals surface area contributed by atoms with Crippen LogP contribution in [0, 0.1) is 0 Å². The van der Waals surface area contributed by atoms with Gasteiger partial charge in [-0.05, 0) is 55.0 Å². The van der Waals surface area contributed by atoms with E-state index in [4.69, 9.17) is 0 Å². The molecule has 1 heteroatoms. The van der Waals surface area contributed by atoms with Crippen molar-refractivity contribution in [1.82, 2.24) is 0 Å². The molecule has 0 bridgehead atoms. The van der Waals surface area contributed by atoms with Crippen molar-refractivity contribution < 1.29 is 0 Å². The first-order chi connectivity index (χ1) is 10.3. The quantitative estimate of drug-likeness (QED) is 0.698. The summed E-state index contributed by atoms with van der Waals surface area (Å²) in [4.78, 5) is 2.54. The molecule has 2 aromatic rings. The second-order valence-corrected chi connectivity index (χ2v) is 6.35. The van der Waals surface area contributed by atoms with Gasteiger partial charge < -0.3 is 4.90 Å². The van der Waals surface area contributed by atoms with Crippen LogP contribution in [0.1, 0.15) is 43.4 Å². The summed E-state index contributed by atoms with van der Waals surface area (Å²) in [5, 5.41) is 0. The molecule has 0 aromatic heterocycles. The molecule has 0 saturated heterocycles. The number of benzene rings is 2. The van der Waals surface area contributed by atoms with E-state index in [2.05, 4.69) is 67.3 Å². The Bertz CT molecular complexity index is 724. The van der Waals surface area contributed by atoms with Crippen LogP contribution in [-0.4, -0.2) is 6.04 Å². The summed E-state index contributed by atoms with van der Waals surface area (Å²) in [6.45, 7) is 5.58. The monoisotopic (exact) mass is 275 g/mol. The van der Waals surface area contributed by atoms with E-state index in [1.807, 2.05) is 0 Å². The largest absolute Gasteiger partial charge is 0.364 e. The predicted molar refractivity (Wildman–Crippen MR) is 90.3 cm³/mol. The van der Waals surface area contributed by atoms with E-state index in [0.717, 1.165) is 6.54 Å². The van der Waals surface area contributed by atoms with Gasteiger partial charge in [0, 0.05) is 23.8 Å². The molecule has 1 aliphatic carbocycles. The number of fused-ring (bicyclic) bond motifs is 4. The van der Waals surface area contributed by atoms with Crippen LogP contribution in [-0.2, 0) is 6.54 Å². The smallest absolute Gasteiger partial charge is 0.0448 e. The molecule has 0 N–H and O–H groups in total. The van der Waals surface area contributed by atoms with Crippen LogP contribution in [0.2, 0.25) is 0 Å². The summed E-state index contributed by atoms with van der Waals surface area (Å²) < 4.78 is 0. The first-order valence-corrected chi connectivity index (χ1v) is 7.92. The summed E-state index contributed by atoms with van der Waals surface area (Å²) in [5.41, 5.74) is 8.91. The lowest BCUT2D eigenvalue weighted by Gasteiger charge is -2.37. The Morgan fingerprint density at radius 3 is 2.14 bits per heavy atom. The van der Waals surface area contributed by atoms with Gasteiger partial charge >= 0.3 is 0 Å². The Kier molecular flexibility index (Phi) is 2.88. The summed E-state index contributed by atoms with van der Waals surface area (Å²) in [7, 11) is 0. The lowest BCUT2D eigenvalue weighted by molar-refractivity contribution is 0.678. The van der Waals surface area contributed by atoms with E-state index in [-0.39, 0.29) is 0 Å². The molecule has 0 spiro atoms. The molecule has 0 saturated carbocycles. The van der Waals surface area contributed by atoms with Crippen LogP contribution in [0.15, 0.2) is 48.5 Å². The van der Waals surface area contributed by atoms with Gasteiger partial charge in [-0.1, -0.05) is 42.5 Å². The van der Waals surface area contributed by atoms with E-state index in [1.54, 1.807) is 11.1 Å².